The third-order valence-corrected chi connectivity index (χ3v) is 4.30. The van der Waals surface area contributed by atoms with Crippen molar-refractivity contribution >= 4 is 17.9 Å². The second kappa shape index (κ2) is 10.5. The zero-order valence-electron chi connectivity index (χ0n) is 17.0. The molecule has 0 heterocycles. The molecule has 1 aromatic carbocycles. The van der Waals surface area contributed by atoms with Crippen LogP contribution in [0.5, 0.6) is 0 Å². The van der Waals surface area contributed by atoms with Crippen molar-refractivity contribution in [2.45, 2.75) is 46.4 Å². The quantitative estimate of drug-likeness (QED) is 0.727. The van der Waals surface area contributed by atoms with Gasteiger partial charge in [-0.1, -0.05) is 58.0 Å². The molecular weight excluding hydrogens is 346 g/mol. The summed E-state index contributed by atoms with van der Waals surface area (Å²) in [6.45, 7) is 7.51. The molecule has 2 atom stereocenters. The highest BCUT2D eigenvalue weighted by Crippen LogP contribution is 2.13. The Bertz CT molecular complexity index is 631. The number of likely N-dealkylation sites (N-methyl/N-ethyl adjacent to an activating group) is 2. The van der Waals surface area contributed by atoms with E-state index in [4.69, 9.17) is 4.74 Å². The third-order valence-electron chi connectivity index (χ3n) is 4.30. The maximum Gasteiger partial charge on any atom is 0.410 e. The zero-order valence-corrected chi connectivity index (χ0v) is 17.0. The first-order valence-electron chi connectivity index (χ1n) is 9.14. The van der Waals surface area contributed by atoms with E-state index < -0.39 is 18.2 Å². The number of ether oxygens (including phenoxy) is 1. The summed E-state index contributed by atoms with van der Waals surface area (Å²) >= 11 is 0. The van der Waals surface area contributed by atoms with Gasteiger partial charge in [-0.2, -0.15) is 0 Å². The molecule has 1 rings (SSSR count). The lowest BCUT2D eigenvalue weighted by atomic mass is 9.99. The van der Waals surface area contributed by atoms with Crippen LogP contribution in [0.4, 0.5) is 4.79 Å². The summed E-state index contributed by atoms with van der Waals surface area (Å²) in [5, 5.41) is 5.31. The fraction of sp³-hybridized carbons (Fsp3) is 0.550. The number of hydrogen-bond donors (Lipinski definition) is 2. The molecule has 0 saturated heterocycles. The van der Waals surface area contributed by atoms with E-state index in [1.807, 2.05) is 58.0 Å². The molecule has 27 heavy (non-hydrogen) atoms. The fourth-order valence-corrected chi connectivity index (χ4v) is 2.79. The maximum absolute atomic E-state index is 12.8. The molecule has 0 bridgehead atoms. The Balaban J connectivity index is 2.81. The molecule has 0 aromatic heterocycles. The van der Waals surface area contributed by atoms with Crippen LogP contribution in [0.1, 0.15) is 33.3 Å². The van der Waals surface area contributed by atoms with Crippen molar-refractivity contribution in [3.63, 3.8) is 0 Å². The van der Waals surface area contributed by atoms with Gasteiger partial charge in [-0.05, 0) is 17.4 Å². The fourth-order valence-electron chi connectivity index (χ4n) is 2.79. The van der Waals surface area contributed by atoms with E-state index in [9.17, 15) is 14.4 Å². The standard InChI is InChI=1S/C20H31N3O4/c1-13(2)16(18(24)21-5)22-19(25)17(14(3)4)23(6)20(26)27-12-15-10-8-7-9-11-15/h7-11,13-14,16-17H,12H2,1-6H3,(H,21,24)(H,22,25)/t16-,17-/m0/s1. The molecule has 0 fully saturated rings. The summed E-state index contributed by atoms with van der Waals surface area (Å²) in [7, 11) is 3.05. The van der Waals surface area contributed by atoms with Crippen LogP contribution in [0.2, 0.25) is 0 Å². The molecule has 0 radical (unpaired) electrons. The average molecular weight is 377 g/mol. The third kappa shape index (κ3) is 6.58. The van der Waals surface area contributed by atoms with Gasteiger partial charge in [0.1, 0.15) is 18.7 Å². The summed E-state index contributed by atoms with van der Waals surface area (Å²) in [4.78, 5) is 38.5. The number of nitrogens with zero attached hydrogens (tertiary/aromatic N) is 1. The summed E-state index contributed by atoms with van der Waals surface area (Å²) in [6, 6.07) is 7.91. The molecule has 0 aliphatic heterocycles. The number of benzene rings is 1. The number of hydrogen-bond acceptors (Lipinski definition) is 4. The van der Waals surface area contributed by atoms with Crippen LogP contribution in [0, 0.1) is 11.8 Å². The van der Waals surface area contributed by atoms with Crippen LogP contribution in [0.3, 0.4) is 0 Å². The van der Waals surface area contributed by atoms with E-state index in [1.54, 1.807) is 0 Å². The molecule has 150 valence electrons. The summed E-state index contributed by atoms with van der Waals surface area (Å²) in [5.74, 6) is -0.893. The lowest BCUT2D eigenvalue weighted by Crippen LogP contribution is -2.56. The number of amides is 3. The molecule has 2 N–H and O–H groups in total. The number of rotatable bonds is 8. The highest BCUT2D eigenvalue weighted by Gasteiger charge is 2.34. The van der Waals surface area contributed by atoms with Gasteiger partial charge in [-0.3, -0.25) is 14.5 Å². The average Bonchev–Trinajstić information content (AvgIpc) is 2.63. The normalized spacial score (nSPS) is 13.0. The minimum atomic E-state index is -0.751. The minimum absolute atomic E-state index is 0.0861. The van der Waals surface area contributed by atoms with Gasteiger partial charge in [0.25, 0.3) is 0 Å². The Labute approximate surface area is 161 Å². The molecule has 0 aliphatic carbocycles. The summed E-state index contributed by atoms with van der Waals surface area (Å²) < 4.78 is 5.32. The van der Waals surface area contributed by atoms with Crippen LogP contribution in [0.25, 0.3) is 0 Å². The van der Waals surface area contributed by atoms with Gasteiger partial charge in [0.2, 0.25) is 11.8 Å². The molecule has 3 amide bonds. The lowest BCUT2D eigenvalue weighted by molar-refractivity contribution is -0.133. The first-order valence-corrected chi connectivity index (χ1v) is 9.14. The van der Waals surface area contributed by atoms with Crippen molar-refractivity contribution in [1.82, 2.24) is 15.5 Å². The van der Waals surface area contributed by atoms with Crippen LogP contribution < -0.4 is 10.6 Å². The molecule has 0 saturated carbocycles. The van der Waals surface area contributed by atoms with Crippen LogP contribution >= 0.6 is 0 Å². The van der Waals surface area contributed by atoms with Gasteiger partial charge in [0.15, 0.2) is 0 Å². The predicted molar refractivity (Wildman–Crippen MR) is 104 cm³/mol. The topological polar surface area (TPSA) is 87.7 Å². The number of nitrogens with one attached hydrogen (secondary N) is 2. The summed E-state index contributed by atoms with van der Waals surface area (Å²) in [6.07, 6.45) is -0.589. The van der Waals surface area contributed by atoms with Crippen LogP contribution in [0.15, 0.2) is 30.3 Å². The van der Waals surface area contributed by atoms with E-state index in [0.29, 0.717) is 0 Å². The van der Waals surface area contributed by atoms with Crippen LogP contribution in [-0.2, 0) is 20.9 Å². The van der Waals surface area contributed by atoms with E-state index in [0.717, 1.165) is 5.56 Å². The minimum Gasteiger partial charge on any atom is -0.445 e. The highest BCUT2D eigenvalue weighted by atomic mass is 16.6. The van der Waals surface area contributed by atoms with Gasteiger partial charge in [-0.15, -0.1) is 0 Å². The van der Waals surface area contributed by atoms with Crippen molar-refractivity contribution in [2.75, 3.05) is 14.1 Å². The smallest absolute Gasteiger partial charge is 0.410 e. The summed E-state index contributed by atoms with van der Waals surface area (Å²) in [5.41, 5.74) is 0.865. The van der Waals surface area contributed by atoms with Crippen molar-refractivity contribution in [1.29, 1.82) is 0 Å². The maximum atomic E-state index is 12.8. The Hall–Kier alpha value is -2.57. The Morgan fingerprint density at radius 1 is 1.00 bits per heavy atom. The van der Waals surface area contributed by atoms with Gasteiger partial charge in [-0.25, -0.2) is 4.79 Å². The van der Waals surface area contributed by atoms with Crippen molar-refractivity contribution in [3.05, 3.63) is 35.9 Å². The monoisotopic (exact) mass is 377 g/mol. The van der Waals surface area contributed by atoms with E-state index in [-0.39, 0.29) is 30.3 Å². The second-order valence-corrected chi connectivity index (χ2v) is 7.18. The van der Waals surface area contributed by atoms with Crippen molar-refractivity contribution in [2.24, 2.45) is 11.8 Å². The van der Waals surface area contributed by atoms with Crippen LogP contribution in [-0.4, -0.2) is 49.0 Å². The molecule has 7 nitrogen and oxygen atoms in total. The van der Waals surface area contributed by atoms with Crippen molar-refractivity contribution in [3.8, 4) is 0 Å². The largest absolute Gasteiger partial charge is 0.445 e. The molecule has 0 unspecified atom stereocenters. The SMILES string of the molecule is CNC(=O)[C@@H](NC(=O)[C@H](C(C)C)N(C)C(=O)OCc1ccccc1)C(C)C. The molecule has 7 heteroatoms. The highest BCUT2D eigenvalue weighted by molar-refractivity contribution is 5.91. The van der Waals surface area contributed by atoms with Crippen molar-refractivity contribution < 1.29 is 19.1 Å². The first-order chi connectivity index (χ1) is 12.7. The molecular formula is C20H31N3O4. The van der Waals surface area contributed by atoms with Gasteiger partial charge >= 0.3 is 6.09 Å². The molecule has 1 aromatic rings. The number of carbonyl (C=O) groups excluding carboxylic acids is 3. The first kappa shape index (κ1) is 22.5. The molecule has 0 aliphatic rings. The Morgan fingerprint density at radius 2 is 1.59 bits per heavy atom. The second-order valence-electron chi connectivity index (χ2n) is 7.18. The van der Waals surface area contributed by atoms with E-state index in [1.165, 1.54) is 19.0 Å². The van der Waals surface area contributed by atoms with E-state index >= 15 is 0 Å². The van der Waals surface area contributed by atoms with Gasteiger partial charge in [0.05, 0.1) is 0 Å². The van der Waals surface area contributed by atoms with Gasteiger partial charge < -0.3 is 15.4 Å². The Morgan fingerprint density at radius 3 is 2.07 bits per heavy atom. The molecule has 0 spiro atoms. The number of carbonyl (C=O) groups is 3. The Kier molecular flexibility index (Phi) is 8.78. The zero-order chi connectivity index (χ0) is 20.6. The van der Waals surface area contributed by atoms with Gasteiger partial charge in [0, 0.05) is 14.1 Å². The van der Waals surface area contributed by atoms with E-state index in [2.05, 4.69) is 10.6 Å². The predicted octanol–water partition coefficient (Wildman–Crippen LogP) is 2.17. The lowest BCUT2D eigenvalue weighted by Gasteiger charge is -2.31.